The van der Waals surface area contributed by atoms with Crippen LogP contribution in [0, 0.1) is 11.6 Å². The third-order valence-electron chi connectivity index (χ3n) is 14.1. The first-order valence-electron chi connectivity index (χ1n) is 22.9. The fourth-order valence-corrected chi connectivity index (χ4v) is 10.9. The molecule has 0 radical (unpaired) electrons. The molecule has 13 rings (SSSR count). The van der Waals surface area contributed by atoms with Gasteiger partial charge >= 0.3 is 0 Å². The van der Waals surface area contributed by atoms with Crippen LogP contribution in [-0.4, -0.2) is 8.80 Å². The SMILES string of the molecule is CC(C)c1ccc(N(c2ccc(F)cc2)c2ccc3c4cc5c(cc4n4c6ccccc6c2c34)c2ccc(N(c3ccc(F)cc3)c3ccc(C(C)C)cc3)c3c4ccccc4n5c23)cc1. The minimum Gasteiger partial charge on any atom is -0.310 e. The first kappa shape index (κ1) is 38.5. The molecular weight excluding hydrogens is 815 g/mol. The van der Waals surface area contributed by atoms with E-state index < -0.39 is 0 Å². The molecule has 4 heterocycles. The van der Waals surface area contributed by atoms with Gasteiger partial charge in [-0.3, -0.25) is 0 Å². The van der Waals surface area contributed by atoms with Gasteiger partial charge in [0.15, 0.2) is 0 Å². The first-order chi connectivity index (χ1) is 32.2. The summed E-state index contributed by atoms with van der Waals surface area (Å²) in [5.74, 6) is 0.267. The highest BCUT2D eigenvalue weighted by Crippen LogP contribution is 2.51. The predicted molar refractivity (Wildman–Crippen MR) is 273 cm³/mol. The van der Waals surface area contributed by atoms with E-state index in [1.54, 1.807) is 24.3 Å². The summed E-state index contributed by atoms with van der Waals surface area (Å²) in [5.41, 5.74) is 15.3. The van der Waals surface area contributed by atoms with Crippen LogP contribution in [0.5, 0.6) is 0 Å². The largest absolute Gasteiger partial charge is 0.310 e. The summed E-state index contributed by atoms with van der Waals surface area (Å²) in [4.78, 5) is 4.54. The molecule has 0 atom stereocenters. The molecule has 0 spiro atoms. The molecule has 0 saturated heterocycles. The molecule has 0 saturated carbocycles. The van der Waals surface area contributed by atoms with Crippen molar-refractivity contribution in [2.45, 2.75) is 39.5 Å². The van der Waals surface area contributed by atoms with Crippen LogP contribution >= 0.6 is 0 Å². The summed E-state index contributed by atoms with van der Waals surface area (Å²) in [5, 5.41) is 9.33. The van der Waals surface area contributed by atoms with E-state index >= 15 is 0 Å². The summed E-state index contributed by atoms with van der Waals surface area (Å²) < 4.78 is 33.9. The zero-order valence-corrected chi connectivity index (χ0v) is 37.0. The molecule has 0 aliphatic carbocycles. The van der Waals surface area contributed by atoms with E-state index in [9.17, 15) is 8.78 Å². The fraction of sp³-hybridized carbons (Fsp3) is 0.100. The monoisotopic (exact) mass is 858 g/mol. The van der Waals surface area contributed by atoms with Crippen molar-refractivity contribution >= 4 is 110 Å². The quantitative estimate of drug-likeness (QED) is 0.151. The van der Waals surface area contributed by atoms with Crippen LogP contribution in [0.1, 0.15) is 50.7 Å². The normalized spacial score (nSPS) is 12.4. The lowest BCUT2D eigenvalue weighted by molar-refractivity contribution is 0.627. The molecule has 13 aromatic rings. The van der Waals surface area contributed by atoms with Crippen molar-refractivity contribution in [1.82, 2.24) is 8.80 Å². The lowest BCUT2D eigenvalue weighted by atomic mass is 10.0. The van der Waals surface area contributed by atoms with E-state index in [-0.39, 0.29) is 11.6 Å². The molecular formula is C60H44F2N4. The average Bonchev–Trinajstić information content (AvgIpc) is 4.07. The van der Waals surface area contributed by atoms with E-state index in [1.807, 2.05) is 24.3 Å². The molecule has 0 amide bonds. The Hall–Kier alpha value is -7.96. The molecule has 0 fully saturated rings. The van der Waals surface area contributed by atoms with E-state index in [0.717, 1.165) is 88.8 Å². The number of para-hydroxylation sites is 2. The Bertz CT molecular complexity index is 3730. The van der Waals surface area contributed by atoms with Gasteiger partial charge in [-0.15, -0.1) is 0 Å². The Morgan fingerprint density at radius 3 is 1.06 bits per heavy atom. The maximum atomic E-state index is 14.5. The number of fused-ring (bicyclic) bond motifs is 12. The number of benzene rings is 9. The maximum absolute atomic E-state index is 14.5. The maximum Gasteiger partial charge on any atom is 0.123 e. The van der Waals surface area contributed by atoms with Gasteiger partial charge in [-0.05, 0) is 132 Å². The molecule has 6 heteroatoms. The number of halogens is 2. The molecule has 4 aromatic heterocycles. The van der Waals surface area contributed by atoms with Gasteiger partial charge in [0, 0.05) is 65.8 Å². The highest BCUT2D eigenvalue weighted by atomic mass is 19.1. The number of hydrogen-bond acceptors (Lipinski definition) is 2. The van der Waals surface area contributed by atoms with Gasteiger partial charge in [-0.1, -0.05) is 100 Å². The van der Waals surface area contributed by atoms with Crippen LogP contribution in [0.15, 0.2) is 182 Å². The van der Waals surface area contributed by atoms with Crippen LogP contribution in [0.2, 0.25) is 0 Å². The molecule has 0 aliphatic rings. The predicted octanol–water partition coefficient (Wildman–Crippen LogP) is 17.5. The number of aromatic nitrogens is 2. The highest BCUT2D eigenvalue weighted by Gasteiger charge is 2.28. The van der Waals surface area contributed by atoms with Crippen molar-refractivity contribution in [3.8, 4) is 0 Å². The lowest BCUT2D eigenvalue weighted by Crippen LogP contribution is -2.10. The number of hydrogen-bond donors (Lipinski definition) is 0. The molecule has 0 unspecified atom stereocenters. The third kappa shape index (κ3) is 5.48. The second kappa shape index (κ2) is 14.3. The van der Waals surface area contributed by atoms with E-state index in [4.69, 9.17) is 0 Å². The molecule has 66 heavy (non-hydrogen) atoms. The van der Waals surface area contributed by atoms with Crippen molar-refractivity contribution < 1.29 is 8.78 Å². The van der Waals surface area contributed by atoms with Crippen molar-refractivity contribution in [2.24, 2.45) is 0 Å². The van der Waals surface area contributed by atoms with Crippen molar-refractivity contribution in [1.29, 1.82) is 0 Å². The summed E-state index contributed by atoms with van der Waals surface area (Å²) in [7, 11) is 0. The second-order valence-electron chi connectivity index (χ2n) is 18.4. The summed E-state index contributed by atoms with van der Waals surface area (Å²) in [6, 6.07) is 62.5. The van der Waals surface area contributed by atoms with Gasteiger partial charge in [-0.25, -0.2) is 8.78 Å². The van der Waals surface area contributed by atoms with Crippen molar-refractivity contribution in [3.05, 3.63) is 205 Å². The van der Waals surface area contributed by atoms with Crippen LogP contribution < -0.4 is 9.80 Å². The van der Waals surface area contributed by atoms with Gasteiger partial charge in [-0.2, -0.15) is 0 Å². The minimum absolute atomic E-state index is 0.264. The Balaban J connectivity index is 1.09. The van der Waals surface area contributed by atoms with Crippen LogP contribution in [0.4, 0.5) is 42.9 Å². The van der Waals surface area contributed by atoms with Crippen molar-refractivity contribution in [3.63, 3.8) is 0 Å². The number of anilines is 6. The zero-order chi connectivity index (χ0) is 44.5. The molecule has 0 N–H and O–H groups in total. The summed E-state index contributed by atoms with van der Waals surface area (Å²) in [6.45, 7) is 8.84. The second-order valence-corrected chi connectivity index (χ2v) is 18.4. The minimum atomic E-state index is -0.264. The van der Waals surface area contributed by atoms with Gasteiger partial charge in [0.25, 0.3) is 0 Å². The summed E-state index contributed by atoms with van der Waals surface area (Å²) in [6.07, 6.45) is 0. The number of nitrogens with zero attached hydrogens (tertiary/aromatic N) is 4. The lowest BCUT2D eigenvalue weighted by Gasteiger charge is -2.27. The molecule has 0 aliphatic heterocycles. The highest BCUT2D eigenvalue weighted by molar-refractivity contribution is 6.32. The summed E-state index contributed by atoms with van der Waals surface area (Å²) >= 11 is 0. The van der Waals surface area contributed by atoms with Crippen molar-refractivity contribution in [2.75, 3.05) is 9.80 Å². The average molecular weight is 859 g/mol. The molecule has 9 aromatic carbocycles. The Morgan fingerprint density at radius 1 is 0.348 bits per heavy atom. The zero-order valence-electron chi connectivity index (χ0n) is 37.0. The van der Waals surface area contributed by atoms with E-state index in [1.165, 1.54) is 32.7 Å². The Kier molecular flexibility index (Phi) is 8.32. The van der Waals surface area contributed by atoms with Gasteiger partial charge < -0.3 is 18.6 Å². The van der Waals surface area contributed by atoms with Crippen LogP contribution in [0.3, 0.4) is 0 Å². The van der Waals surface area contributed by atoms with Crippen LogP contribution in [-0.2, 0) is 0 Å². The number of rotatable bonds is 8. The molecule has 4 nitrogen and oxygen atoms in total. The topological polar surface area (TPSA) is 15.3 Å². The smallest absolute Gasteiger partial charge is 0.123 e. The Morgan fingerprint density at radius 2 is 0.697 bits per heavy atom. The van der Waals surface area contributed by atoms with Crippen LogP contribution in [0.25, 0.3) is 76.2 Å². The molecule has 0 bridgehead atoms. The van der Waals surface area contributed by atoms with Gasteiger partial charge in [0.1, 0.15) is 11.6 Å². The third-order valence-corrected chi connectivity index (χ3v) is 14.1. The van der Waals surface area contributed by atoms with E-state index in [0.29, 0.717) is 11.8 Å². The van der Waals surface area contributed by atoms with Gasteiger partial charge in [0.2, 0.25) is 0 Å². The van der Waals surface area contributed by atoms with Gasteiger partial charge in [0.05, 0.1) is 44.5 Å². The fourth-order valence-electron chi connectivity index (χ4n) is 10.9. The molecule has 318 valence electrons. The van der Waals surface area contributed by atoms with E-state index in [2.05, 4.69) is 180 Å². The standard InChI is InChI=1S/C60H44F2N4/c1-35(2)37-13-21-41(22-14-37)63(43-25-17-39(61)18-26-43)53-31-29-45-49-33-56-50(34-55(49)65-51-11-7-5-9-47(51)57(53)59(45)65)46-30-32-54(58-48-10-6-8-12-52(48)66(56)60(46)58)64(44-27-19-40(62)20-28-44)42-23-15-38(16-24-42)36(3)4/h5-36H,1-4H3. The Labute approximate surface area is 380 Å². The first-order valence-corrected chi connectivity index (χ1v) is 22.9.